The molecule has 0 aliphatic carbocycles. The van der Waals surface area contributed by atoms with Crippen LogP contribution in [-0.4, -0.2) is 42.9 Å². The molecule has 0 aliphatic rings. The number of benzene rings is 3. The molecule has 0 fully saturated rings. The lowest BCUT2D eigenvalue weighted by Gasteiger charge is -2.21. The molecule has 1 atom stereocenters. The molecule has 0 bridgehead atoms. The standard InChI is InChI=1S/C35H38N2O8S2/c1-22(29-20-44-31-18-25(36(5)46(7,40)41)12-14-27(31)33(29)38)16-17-47(42,43)37(6)26-13-15-28-32(19-26)45-21-30(34(28)39)23-8-10-24(11-9-23)35(2,3)4/h8-15,18-22H,16-17H2,1-7H3. The van der Waals surface area contributed by atoms with Crippen LogP contribution in [0.5, 0.6) is 0 Å². The van der Waals surface area contributed by atoms with Gasteiger partial charge in [-0.2, -0.15) is 0 Å². The van der Waals surface area contributed by atoms with Crippen LogP contribution in [0.25, 0.3) is 33.1 Å². The van der Waals surface area contributed by atoms with Gasteiger partial charge in [0.2, 0.25) is 20.0 Å². The van der Waals surface area contributed by atoms with E-state index in [0.29, 0.717) is 27.9 Å². The Balaban J connectivity index is 1.33. The second-order valence-corrected chi connectivity index (χ2v) is 17.0. The number of hydrogen-bond donors (Lipinski definition) is 0. The molecular formula is C35H38N2O8S2. The first-order valence-electron chi connectivity index (χ1n) is 15.0. The summed E-state index contributed by atoms with van der Waals surface area (Å²) in [6.07, 6.45) is 3.91. The smallest absolute Gasteiger partial charge is 0.234 e. The van der Waals surface area contributed by atoms with E-state index in [9.17, 15) is 26.4 Å². The van der Waals surface area contributed by atoms with Crippen molar-refractivity contribution in [3.8, 4) is 11.1 Å². The molecule has 0 saturated carbocycles. The topological polar surface area (TPSA) is 135 Å². The Hall–Kier alpha value is -4.42. The molecule has 0 N–H and O–H groups in total. The summed E-state index contributed by atoms with van der Waals surface area (Å²) in [5.41, 5.74) is 3.22. The lowest BCUT2D eigenvalue weighted by molar-refractivity contribution is 0.568. The maximum absolute atomic E-state index is 13.4. The lowest BCUT2D eigenvalue weighted by Crippen LogP contribution is -2.30. The van der Waals surface area contributed by atoms with Crippen molar-refractivity contribution >= 4 is 53.4 Å². The first-order valence-corrected chi connectivity index (χ1v) is 18.5. The van der Waals surface area contributed by atoms with Gasteiger partial charge in [0.05, 0.1) is 46.0 Å². The summed E-state index contributed by atoms with van der Waals surface area (Å²) in [7, 11) is -4.50. The van der Waals surface area contributed by atoms with Crippen LogP contribution in [0.1, 0.15) is 51.2 Å². The number of anilines is 2. The number of sulfonamides is 2. The second kappa shape index (κ2) is 12.3. The molecule has 0 radical (unpaired) electrons. The van der Waals surface area contributed by atoms with E-state index in [1.165, 1.54) is 50.9 Å². The van der Waals surface area contributed by atoms with Gasteiger partial charge in [-0.25, -0.2) is 16.8 Å². The third-order valence-electron chi connectivity index (χ3n) is 8.59. The highest BCUT2D eigenvalue weighted by Crippen LogP contribution is 2.29. The first-order chi connectivity index (χ1) is 21.9. The normalized spacial score (nSPS) is 13.2. The van der Waals surface area contributed by atoms with Gasteiger partial charge in [0.25, 0.3) is 0 Å². The van der Waals surface area contributed by atoms with Crippen molar-refractivity contribution in [2.24, 2.45) is 0 Å². The van der Waals surface area contributed by atoms with E-state index in [0.717, 1.165) is 26.0 Å². The Labute approximate surface area is 274 Å². The van der Waals surface area contributed by atoms with Crippen molar-refractivity contribution in [1.29, 1.82) is 0 Å². The van der Waals surface area contributed by atoms with Crippen molar-refractivity contribution in [2.75, 3.05) is 34.7 Å². The van der Waals surface area contributed by atoms with Crippen LogP contribution in [0, 0.1) is 0 Å². The van der Waals surface area contributed by atoms with Gasteiger partial charge in [0.15, 0.2) is 10.9 Å². The summed E-state index contributed by atoms with van der Waals surface area (Å²) in [5, 5.41) is 0.603. The minimum atomic E-state index is -3.83. The molecule has 0 amide bonds. The van der Waals surface area contributed by atoms with E-state index in [2.05, 4.69) is 20.8 Å². The maximum Gasteiger partial charge on any atom is 0.234 e. The molecule has 0 spiro atoms. The summed E-state index contributed by atoms with van der Waals surface area (Å²) in [6, 6.07) is 16.9. The second-order valence-electron chi connectivity index (χ2n) is 12.9. The highest BCUT2D eigenvalue weighted by atomic mass is 32.2. The molecule has 10 nitrogen and oxygen atoms in total. The van der Waals surface area contributed by atoms with E-state index in [1.807, 2.05) is 24.3 Å². The van der Waals surface area contributed by atoms with Crippen LogP contribution in [0.15, 0.2) is 91.6 Å². The Bertz CT molecular complexity index is 2320. The Morgan fingerprint density at radius 2 is 1.28 bits per heavy atom. The summed E-state index contributed by atoms with van der Waals surface area (Å²) < 4.78 is 64.3. The highest BCUT2D eigenvalue weighted by Gasteiger charge is 2.23. The number of fused-ring (bicyclic) bond motifs is 2. The largest absolute Gasteiger partial charge is 0.464 e. The predicted octanol–water partition coefficient (Wildman–Crippen LogP) is 6.22. The van der Waals surface area contributed by atoms with Crippen LogP contribution in [0.3, 0.4) is 0 Å². The minimum Gasteiger partial charge on any atom is -0.464 e. The summed E-state index contributed by atoms with van der Waals surface area (Å²) in [6.45, 7) is 8.10. The predicted molar refractivity (Wildman–Crippen MR) is 188 cm³/mol. The fourth-order valence-electron chi connectivity index (χ4n) is 5.30. The van der Waals surface area contributed by atoms with Gasteiger partial charge in [-0.05, 0) is 53.1 Å². The zero-order valence-electron chi connectivity index (χ0n) is 27.4. The molecule has 2 aromatic heterocycles. The third kappa shape index (κ3) is 6.84. The van der Waals surface area contributed by atoms with Crippen LogP contribution >= 0.6 is 0 Å². The fraction of sp³-hybridized carbons (Fsp3) is 0.314. The van der Waals surface area contributed by atoms with Crippen molar-refractivity contribution in [1.82, 2.24) is 0 Å². The van der Waals surface area contributed by atoms with E-state index in [1.54, 1.807) is 19.1 Å². The summed E-state index contributed by atoms with van der Waals surface area (Å²) in [4.78, 5) is 26.6. The van der Waals surface area contributed by atoms with Crippen molar-refractivity contribution in [2.45, 2.75) is 45.4 Å². The summed E-state index contributed by atoms with van der Waals surface area (Å²) >= 11 is 0. The van der Waals surface area contributed by atoms with Gasteiger partial charge < -0.3 is 8.83 Å². The van der Waals surface area contributed by atoms with Gasteiger partial charge in [0.1, 0.15) is 17.4 Å². The quantitative estimate of drug-likeness (QED) is 0.179. The average molecular weight is 679 g/mol. The van der Waals surface area contributed by atoms with Crippen molar-refractivity contribution < 1.29 is 25.7 Å². The molecule has 47 heavy (non-hydrogen) atoms. The number of nitrogens with zero attached hydrogens (tertiary/aromatic N) is 2. The van der Waals surface area contributed by atoms with E-state index in [-0.39, 0.29) is 45.0 Å². The van der Waals surface area contributed by atoms with Gasteiger partial charge in [-0.1, -0.05) is 52.0 Å². The molecular weight excluding hydrogens is 641 g/mol. The van der Waals surface area contributed by atoms with Gasteiger partial charge in [0, 0.05) is 31.8 Å². The Kier molecular flexibility index (Phi) is 8.89. The molecule has 5 rings (SSSR count). The number of rotatable bonds is 9. The Morgan fingerprint density at radius 1 is 0.745 bits per heavy atom. The van der Waals surface area contributed by atoms with Crippen LogP contribution in [0.2, 0.25) is 0 Å². The molecule has 1 unspecified atom stereocenters. The van der Waals surface area contributed by atoms with Gasteiger partial charge in [-0.3, -0.25) is 18.2 Å². The molecule has 0 saturated heterocycles. The maximum atomic E-state index is 13.4. The van der Waals surface area contributed by atoms with Gasteiger partial charge >= 0.3 is 0 Å². The van der Waals surface area contributed by atoms with Crippen molar-refractivity contribution in [3.05, 3.63) is 105 Å². The molecule has 0 aliphatic heterocycles. The summed E-state index contributed by atoms with van der Waals surface area (Å²) in [5.74, 6) is -0.714. The minimum absolute atomic E-state index is 0.0224. The molecule has 12 heteroatoms. The highest BCUT2D eigenvalue weighted by molar-refractivity contribution is 7.92. The van der Waals surface area contributed by atoms with Crippen LogP contribution in [0.4, 0.5) is 11.4 Å². The zero-order chi connectivity index (χ0) is 34.5. The fourth-order valence-corrected chi connectivity index (χ4v) is 7.16. The SMILES string of the molecule is CC(CCS(=O)(=O)N(C)c1ccc2c(=O)c(-c3ccc(C(C)(C)C)cc3)coc2c1)c1coc2cc(N(C)S(C)(=O)=O)ccc2c1=O. The molecule has 248 valence electrons. The number of hydrogen-bond acceptors (Lipinski definition) is 8. The van der Waals surface area contributed by atoms with Crippen LogP contribution in [-0.2, 0) is 25.5 Å². The van der Waals surface area contributed by atoms with Crippen molar-refractivity contribution in [3.63, 3.8) is 0 Å². The third-order valence-corrected chi connectivity index (χ3v) is 11.6. The molecule has 3 aromatic carbocycles. The van der Waals surface area contributed by atoms with Crippen LogP contribution < -0.4 is 19.5 Å². The molecule has 2 heterocycles. The monoisotopic (exact) mass is 678 g/mol. The zero-order valence-corrected chi connectivity index (χ0v) is 29.0. The Morgan fingerprint density at radius 3 is 1.83 bits per heavy atom. The van der Waals surface area contributed by atoms with E-state index >= 15 is 0 Å². The first kappa shape index (κ1) is 33.9. The van der Waals surface area contributed by atoms with Gasteiger partial charge in [-0.15, -0.1) is 0 Å². The van der Waals surface area contributed by atoms with E-state index in [4.69, 9.17) is 8.83 Å². The average Bonchev–Trinajstić information content (AvgIpc) is 3.02. The molecule has 5 aromatic rings. The van der Waals surface area contributed by atoms with E-state index < -0.39 is 26.0 Å². The lowest BCUT2D eigenvalue weighted by atomic mass is 9.86.